The molecule has 0 saturated heterocycles. The van der Waals surface area contributed by atoms with Crippen LogP contribution in [-0.2, 0) is 13.2 Å². The summed E-state index contributed by atoms with van der Waals surface area (Å²) in [7, 11) is 0. The van der Waals surface area contributed by atoms with Gasteiger partial charge in [0.2, 0.25) is 4.77 Å². The van der Waals surface area contributed by atoms with Gasteiger partial charge >= 0.3 is 0 Å². The van der Waals surface area contributed by atoms with E-state index in [-0.39, 0.29) is 0 Å². The van der Waals surface area contributed by atoms with Crippen LogP contribution in [0.1, 0.15) is 18.1 Å². The zero-order chi connectivity index (χ0) is 16.9. The van der Waals surface area contributed by atoms with E-state index in [1.54, 1.807) is 6.33 Å². The molecule has 0 aliphatic rings. The summed E-state index contributed by atoms with van der Waals surface area (Å²) in [5.74, 6) is 0. The lowest BCUT2D eigenvalue weighted by atomic mass is 10.1. The fourth-order valence-corrected chi connectivity index (χ4v) is 2.98. The van der Waals surface area contributed by atoms with E-state index in [0.717, 1.165) is 18.8 Å². The third kappa shape index (κ3) is 3.80. The molecule has 3 aromatic rings. The molecule has 1 aromatic heterocycles. The molecule has 0 amide bonds. The van der Waals surface area contributed by atoms with Gasteiger partial charge < -0.3 is 0 Å². The highest BCUT2D eigenvalue weighted by Gasteiger charge is 2.09. The molecule has 0 aliphatic carbocycles. The van der Waals surface area contributed by atoms with E-state index < -0.39 is 0 Å². The smallest absolute Gasteiger partial charge is 0.203 e. The molecule has 0 aliphatic heterocycles. The Kier molecular flexibility index (Phi) is 5.23. The topological polar surface area (TPSA) is 26.0 Å². The van der Waals surface area contributed by atoms with Gasteiger partial charge in [0.1, 0.15) is 6.33 Å². The van der Waals surface area contributed by atoms with E-state index in [2.05, 4.69) is 48.1 Å². The van der Waals surface area contributed by atoms with Gasteiger partial charge in [0.15, 0.2) is 0 Å². The Bertz CT molecular complexity index is 851. The molecular formula is C19H22N4S. The maximum Gasteiger partial charge on any atom is 0.203 e. The van der Waals surface area contributed by atoms with E-state index >= 15 is 0 Å². The first-order valence-electron chi connectivity index (χ1n) is 8.15. The lowest BCUT2D eigenvalue weighted by Crippen LogP contribution is -2.26. The summed E-state index contributed by atoms with van der Waals surface area (Å²) in [5.41, 5.74) is 3.63. The zero-order valence-corrected chi connectivity index (χ0v) is 14.9. The number of nitrogens with zero attached hydrogens (tertiary/aromatic N) is 4. The minimum Gasteiger partial charge on any atom is -0.280 e. The molecule has 0 radical (unpaired) electrons. The summed E-state index contributed by atoms with van der Waals surface area (Å²) in [6, 6.07) is 18.7. The molecule has 0 atom stereocenters. The van der Waals surface area contributed by atoms with Gasteiger partial charge in [-0.15, -0.1) is 0 Å². The first kappa shape index (κ1) is 16.6. The molecule has 0 N–H and O–H groups in total. The molecule has 2 aromatic carbocycles. The van der Waals surface area contributed by atoms with Crippen molar-refractivity contribution in [1.29, 1.82) is 0 Å². The van der Waals surface area contributed by atoms with Gasteiger partial charge in [0, 0.05) is 12.2 Å². The Labute approximate surface area is 148 Å². The van der Waals surface area contributed by atoms with Crippen LogP contribution in [0.25, 0.3) is 5.69 Å². The standard InChI is InChI=1S/C19H22N4S/c1-3-21(13-17-9-7-8-16(2)12-17)15-23-19(24)22(14-20-23)18-10-5-4-6-11-18/h4-12,14H,3,13,15H2,1-2H3. The van der Waals surface area contributed by atoms with Crippen LogP contribution in [-0.4, -0.2) is 25.8 Å². The number of hydrogen-bond acceptors (Lipinski definition) is 3. The number of para-hydroxylation sites is 1. The van der Waals surface area contributed by atoms with Crippen molar-refractivity contribution in [3.63, 3.8) is 0 Å². The molecule has 0 fully saturated rings. The molecule has 0 spiro atoms. The normalized spacial score (nSPS) is 11.1. The minimum absolute atomic E-state index is 0.684. The highest BCUT2D eigenvalue weighted by Crippen LogP contribution is 2.11. The quantitative estimate of drug-likeness (QED) is 0.630. The van der Waals surface area contributed by atoms with Gasteiger partial charge in [-0.25, -0.2) is 4.68 Å². The van der Waals surface area contributed by atoms with Crippen molar-refractivity contribution in [1.82, 2.24) is 19.2 Å². The lowest BCUT2D eigenvalue weighted by molar-refractivity contribution is 0.207. The fourth-order valence-electron chi connectivity index (χ4n) is 2.72. The van der Waals surface area contributed by atoms with Crippen molar-refractivity contribution in [2.24, 2.45) is 0 Å². The largest absolute Gasteiger partial charge is 0.280 e. The summed E-state index contributed by atoms with van der Waals surface area (Å²) >= 11 is 5.60. The second-order valence-corrected chi connectivity index (χ2v) is 6.26. The van der Waals surface area contributed by atoms with Crippen LogP contribution in [0.4, 0.5) is 0 Å². The number of benzene rings is 2. The van der Waals surface area contributed by atoms with E-state index in [4.69, 9.17) is 12.2 Å². The summed E-state index contributed by atoms with van der Waals surface area (Å²) < 4.78 is 4.53. The third-order valence-corrected chi connectivity index (χ3v) is 4.45. The molecular weight excluding hydrogens is 316 g/mol. The molecule has 5 heteroatoms. The number of aromatic nitrogens is 3. The highest BCUT2D eigenvalue weighted by atomic mass is 32.1. The maximum absolute atomic E-state index is 5.60. The maximum atomic E-state index is 5.60. The average Bonchev–Trinajstić information content (AvgIpc) is 2.96. The van der Waals surface area contributed by atoms with Crippen molar-refractivity contribution in [2.75, 3.05) is 6.54 Å². The first-order chi connectivity index (χ1) is 11.7. The van der Waals surface area contributed by atoms with Crippen LogP contribution >= 0.6 is 12.2 Å². The predicted molar refractivity (Wildman–Crippen MR) is 99.7 cm³/mol. The van der Waals surface area contributed by atoms with Gasteiger partial charge in [-0.2, -0.15) is 5.10 Å². The van der Waals surface area contributed by atoms with Gasteiger partial charge in [-0.3, -0.25) is 9.47 Å². The molecule has 24 heavy (non-hydrogen) atoms. The Morgan fingerprint density at radius 2 is 1.88 bits per heavy atom. The number of hydrogen-bond donors (Lipinski definition) is 0. The molecule has 0 saturated carbocycles. The van der Waals surface area contributed by atoms with Crippen molar-refractivity contribution in [2.45, 2.75) is 27.1 Å². The van der Waals surface area contributed by atoms with Crippen LogP contribution in [0, 0.1) is 11.7 Å². The highest BCUT2D eigenvalue weighted by molar-refractivity contribution is 7.71. The number of rotatable bonds is 6. The van der Waals surface area contributed by atoms with Crippen LogP contribution in [0.3, 0.4) is 0 Å². The molecule has 124 valence electrons. The van der Waals surface area contributed by atoms with Crippen molar-refractivity contribution >= 4 is 12.2 Å². The predicted octanol–water partition coefficient (Wildman–Crippen LogP) is 4.19. The Hall–Kier alpha value is -2.24. The van der Waals surface area contributed by atoms with Crippen LogP contribution in [0.15, 0.2) is 60.9 Å². The molecule has 1 heterocycles. The van der Waals surface area contributed by atoms with Gasteiger partial charge in [0.05, 0.1) is 6.67 Å². The van der Waals surface area contributed by atoms with E-state index in [0.29, 0.717) is 11.4 Å². The molecule has 3 rings (SSSR count). The van der Waals surface area contributed by atoms with Gasteiger partial charge in [0.25, 0.3) is 0 Å². The SMILES string of the molecule is CCN(Cc1cccc(C)c1)Cn1ncn(-c2ccccc2)c1=S. The van der Waals surface area contributed by atoms with E-state index in [1.807, 2.05) is 39.6 Å². The second-order valence-electron chi connectivity index (χ2n) is 5.89. The zero-order valence-electron chi connectivity index (χ0n) is 14.1. The van der Waals surface area contributed by atoms with Crippen LogP contribution < -0.4 is 0 Å². The Morgan fingerprint density at radius 3 is 2.58 bits per heavy atom. The van der Waals surface area contributed by atoms with Gasteiger partial charge in [-0.1, -0.05) is 55.0 Å². The van der Waals surface area contributed by atoms with Crippen molar-refractivity contribution in [3.05, 3.63) is 76.8 Å². The first-order valence-corrected chi connectivity index (χ1v) is 8.56. The third-order valence-electron chi connectivity index (χ3n) is 4.04. The molecule has 4 nitrogen and oxygen atoms in total. The lowest BCUT2D eigenvalue weighted by Gasteiger charge is -2.20. The van der Waals surface area contributed by atoms with Crippen LogP contribution in [0.5, 0.6) is 0 Å². The average molecular weight is 338 g/mol. The van der Waals surface area contributed by atoms with E-state index in [9.17, 15) is 0 Å². The Balaban J connectivity index is 1.77. The second kappa shape index (κ2) is 7.55. The number of aryl methyl sites for hydroxylation is 1. The van der Waals surface area contributed by atoms with Gasteiger partial charge in [-0.05, 0) is 43.4 Å². The monoisotopic (exact) mass is 338 g/mol. The summed E-state index contributed by atoms with van der Waals surface area (Å²) in [6.45, 7) is 6.79. The minimum atomic E-state index is 0.684. The fraction of sp³-hybridized carbons (Fsp3) is 0.263. The van der Waals surface area contributed by atoms with Crippen molar-refractivity contribution < 1.29 is 0 Å². The van der Waals surface area contributed by atoms with E-state index in [1.165, 1.54) is 11.1 Å². The molecule has 0 bridgehead atoms. The summed E-state index contributed by atoms with van der Waals surface area (Å²) in [5, 5.41) is 4.47. The summed E-state index contributed by atoms with van der Waals surface area (Å²) in [6.07, 6.45) is 1.79. The molecule has 0 unspecified atom stereocenters. The van der Waals surface area contributed by atoms with Crippen molar-refractivity contribution in [3.8, 4) is 5.69 Å². The summed E-state index contributed by atoms with van der Waals surface area (Å²) in [4.78, 5) is 2.33. The van der Waals surface area contributed by atoms with Crippen LogP contribution in [0.2, 0.25) is 0 Å². The Morgan fingerprint density at radius 1 is 1.08 bits per heavy atom.